The molecule has 0 saturated carbocycles. The van der Waals surface area contributed by atoms with Crippen LogP contribution < -0.4 is 0 Å². The average molecular weight is 449 g/mol. The molecule has 0 radical (unpaired) electrons. The van der Waals surface area contributed by atoms with Crippen LogP contribution in [-0.2, 0) is 6.54 Å². The molecule has 5 rings (SSSR count). The third-order valence-corrected chi connectivity index (χ3v) is 6.29. The number of thiophene rings is 1. The molecule has 0 unspecified atom stereocenters. The van der Waals surface area contributed by atoms with Crippen LogP contribution in [0.1, 0.15) is 16.2 Å². The summed E-state index contributed by atoms with van der Waals surface area (Å²) >= 11 is 1.52. The van der Waals surface area contributed by atoms with Gasteiger partial charge in [0.2, 0.25) is 5.82 Å². The Bertz CT molecular complexity index is 1190. The van der Waals surface area contributed by atoms with Crippen molar-refractivity contribution in [2.75, 3.05) is 26.2 Å². The summed E-state index contributed by atoms with van der Waals surface area (Å²) in [4.78, 5) is 26.8. The number of nitrogens with zero attached hydrogens (tertiary/aromatic N) is 6. The average Bonchev–Trinajstić information content (AvgIpc) is 3.51. The molecule has 162 valence electrons. The van der Waals surface area contributed by atoms with Gasteiger partial charge in [0.25, 0.3) is 5.91 Å². The van der Waals surface area contributed by atoms with E-state index in [0.717, 1.165) is 24.5 Å². The third kappa shape index (κ3) is 4.30. The van der Waals surface area contributed by atoms with E-state index in [1.54, 1.807) is 34.1 Å². The van der Waals surface area contributed by atoms with E-state index in [0.29, 0.717) is 24.6 Å². The fourth-order valence-electron chi connectivity index (χ4n) is 3.73. The van der Waals surface area contributed by atoms with Crippen LogP contribution in [0.4, 0.5) is 4.39 Å². The van der Waals surface area contributed by atoms with Gasteiger partial charge in [-0.15, -0.1) is 16.4 Å². The Morgan fingerprint density at radius 3 is 2.44 bits per heavy atom. The molecule has 1 fully saturated rings. The van der Waals surface area contributed by atoms with Gasteiger partial charge < -0.3 is 4.90 Å². The summed E-state index contributed by atoms with van der Waals surface area (Å²) < 4.78 is 15.0. The fraction of sp³-hybridized carbons (Fsp3) is 0.217. The van der Waals surface area contributed by atoms with Crippen molar-refractivity contribution in [1.29, 1.82) is 0 Å². The van der Waals surface area contributed by atoms with E-state index in [9.17, 15) is 9.18 Å². The number of rotatable bonds is 5. The molecule has 7 nitrogen and oxygen atoms in total. The van der Waals surface area contributed by atoms with Crippen molar-refractivity contribution in [1.82, 2.24) is 29.5 Å². The standard InChI is InChI=1S/C23H21FN6OS/c24-18-3-5-19(6-4-18)30-22(20-2-1-15-32-20)26-21(27-30)23(31)29-13-11-28(12-14-29)16-17-7-9-25-10-8-17/h1-10,15H,11-14,16H2. The lowest BCUT2D eigenvalue weighted by atomic mass is 10.2. The van der Waals surface area contributed by atoms with E-state index in [-0.39, 0.29) is 17.5 Å². The Balaban J connectivity index is 1.34. The van der Waals surface area contributed by atoms with Gasteiger partial charge in [-0.05, 0) is 53.4 Å². The molecule has 1 amide bonds. The second kappa shape index (κ2) is 8.97. The highest BCUT2D eigenvalue weighted by atomic mass is 32.1. The number of carbonyl (C=O) groups excluding carboxylic acids is 1. The van der Waals surface area contributed by atoms with E-state index < -0.39 is 0 Å². The maximum Gasteiger partial charge on any atom is 0.293 e. The number of hydrogen-bond donors (Lipinski definition) is 0. The number of hydrogen-bond acceptors (Lipinski definition) is 6. The highest BCUT2D eigenvalue weighted by Gasteiger charge is 2.27. The molecule has 0 atom stereocenters. The minimum absolute atomic E-state index is 0.153. The Morgan fingerprint density at radius 2 is 1.75 bits per heavy atom. The quantitative estimate of drug-likeness (QED) is 0.468. The number of piperazine rings is 1. The van der Waals surface area contributed by atoms with Crippen LogP contribution in [0.2, 0.25) is 0 Å². The van der Waals surface area contributed by atoms with Crippen LogP contribution in [-0.4, -0.2) is 61.6 Å². The summed E-state index contributed by atoms with van der Waals surface area (Å²) in [5.74, 6) is 0.214. The molecule has 9 heteroatoms. The first kappa shape index (κ1) is 20.5. The molecule has 0 bridgehead atoms. The van der Waals surface area contributed by atoms with Gasteiger partial charge in [-0.2, -0.15) is 0 Å². The van der Waals surface area contributed by atoms with Crippen LogP contribution in [0.25, 0.3) is 16.4 Å². The molecule has 4 heterocycles. The minimum Gasteiger partial charge on any atom is -0.333 e. The Morgan fingerprint density at radius 1 is 1.00 bits per heavy atom. The lowest BCUT2D eigenvalue weighted by molar-refractivity contribution is 0.0616. The van der Waals surface area contributed by atoms with Gasteiger partial charge in [0.15, 0.2) is 5.82 Å². The zero-order valence-electron chi connectivity index (χ0n) is 17.3. The number of carbonyl (C=O) groups is 1. The highest BCUT2D eigenvalue weighted by Crippen LogP contribution is 2.26. The lowest BCUT2D eigenvalue weighted by Crippen LogP contribution is -2.48. The van der Waals surface area contributed by atoms with Gasteiger partial charge >= 0.3 is 0 Å². The van der Waals surface area contributed by atoms with Crippen LogP contribution in [0.5, 0.6) is 0 Å². The Kier molecular flexibility index (Phi) is 5.74. The molecule has 0 spiro atoms. The fourth-order valence-corrected chi connectivity index (χ4v) is 4.43. The van der Waals surface area contributed by atoms with Gasteiger partial charge in [-0.25, -0.2) is 14.1 Å². The largest absolute Gasteiger partial charge is 0.333 e. The number of pyridine rings is 1. The molecule has 3 aromatic heterocycles. The molecule has 4 aromatic rings. The summed E-state index contributed by atoms with van der Waals surface area (Å²) in [5, 5.41) is 6.45. The number of amides is 1. The van der Waals surface area contributed by atoms with Crippen molar-refractivity contribution in [3.05, 3.63) is 83.5 Å². The van der Waals surface area contributed by atoms with Crippen molar-refractivity contribution in [3.63, 3.8) is 0 Å². The smallest absolute Gasteiger partial charge is 0.293 e. The zero-order chi connectivity index (χ0) is 21.9. The first-order chi connectivity index (χ1) is 15.7. The van der Waals surface area contributed by atoms with Crippen molar-refractivity contribution in [3.8, 4) is 16.4 Å². The number of benzene rings is 1. The molecule has 1 aliphatic rings. The Hall–Kier alpha value is -3.43. The molecule has 1 aliphatic heterocycles. The highest BCUT2D eigenvalue weighted by molar-refractivity contribution is 7.13. The lowest BCUT2D eigenvalue weighted by Gasteiger charge is -2.34. The van der Waals surface area contributed by atoms with Crippen LogP contribution in [0.3, 0.4) is 0 Å². The van der Waals surface area contributed by atoms with Crippen molar-refractivity contribution in [2.45, 2.75) is 6.54 Å². The van der Waals surface area contributed by atoms with Crippen molar-refractivity contribution in [2.24, 2.45) is 0 Å². The third-order valence-electron chi connectivity index (χ3n) is 5.43. The van der Waals surface area contributed by atoms with E-state index in [2.05, 4.69) is 20.0 Å². The molecule has 32 heavy (non-hydrogen) atoms. The molecule has 0 N–H and O–H groups in total. The summed E-state index contributed by atoms with van der Waals surface area (Å²) in [7, 11) is 0. The maximum absolute atomic E-state index is 13.4. The topological polar surface area (TPSA) is 67.2 Å². The Labute approximate surface area is 188 Å². The van der Waals surface area contributed by atoms with E-state index in [1.165, 1.54) is 29.0 Å². The predicted molar refractivity (Wildman–Crippen MR) is 120 cm³/mol. The monoisotopic (exact) mass is 448 g/mol. The molecular weight excluding hydrogens is 427 g/mol. The van der Waals surface area contributed by atoms with Gasteiger partial charge in [0, 0.05) is 45.1 Å². The van der Waals surface area contributed by atoms with Gasteiger partial charge in [0.05, 0.1) is 10.6 Å². The minimum atomic E-state index is -0.326. The number of aromatic nitrogens is 4. The first-order valence-electron chi connectivity index (χ1n) is 10.3. The SMILES string of the molecule is O=C(c1nc(-c2cccs2)n(-c2ccc(F)cc2)n1)N1CCN(Cc2ccncc2)CC1. The maximum atomic E-state index is 13.4. The molecular formula is C23H21FN6OS. The van der Waals surface area contributed by atoms with Crippen molar-refractivity contribution < 1.29 is 9.18 Å². The van der Waals surface area contributed by atoms with Crippen molar-refractivity contribution >= 4 is 17.2 Å². The second-order valence-electron chi connectivity index (χ2n) is 7.55. The summed E-state index contributed by atoms with van der Waals surface area (Å²) in [6, 6.07) is 13.9. The summed E-state index contributed by atoms with van der Waals surface area (Å²) in [5.41, 5.74) is 1.86. The normalized spacial score (nSPS) is 14.6. The second-order valence-corrected chi connectivity index (χ2v) is 8.50. The summed E-state index contributed by atoms with van der Waals surface area (Å²) in [6.45, 7) is 3.63. The van der Waals surface area contributed by atoms with Gasteiger partial charge in [0.1, 0.15) is 5.82 Å². The van der Waals surface area contributed by atoms with Crippen LogP contribution >= 0.6 is 11.3 Å². The molecule has 1 saturated heterocycles. The predicted octanol–water partition coefficient (Wildman–Crippen LogP) is 3.49. The number of halogens is 1. The zero-order valence-corrected chi connectivity index (χ0v) is 18.1. The van der Waals surface area contributed by atoms with Crippen LogP contribution in [0, 0.1) is 5.82 Å². The van der Waals surface area contributed by atoms with Gasteiger partial charge in [-0.3, -0.25) is 14.7 Å². The first-order valence-corrected chi connectivity index (χ1v) is 11.2. The molecule has 0 aliphatic carbocycles. The van der Waals surface area contributed by atoms with Gasteiger partial charge in [-0.1, -0.05) is 6.07 Å². The molecule has 1 aromatic carbocycles. The van der Waals surface area contributed by atoms with Crippen LogP contribution in [0.15, 0.2) is 66.3 Å². The van der Waals surface area contributed by atoms with E-state index >= 15 is 0 Å². The van der Waals surface area contributed by atoms with E-state index in [4.69, 9.17) is 0 Å². The van der Waals surface area contributed by atoms with E-state index in [1.807, 2.05) is 29.6 Å². The summed E-state index contributed by atoms with van der Waals surface area (Å²) in [6.07, 6.45) is 3.59.